The molecule has 3 nitrogen and oxygen atoms in total. The molecule has 3 heteroatoms. The van der Waals surface area contributed by atoms with Crippen LogP contribution in [-0.2, 0) is 10.2 Å². The number of carbonyl (C=O) groups excluding carboxylic acids is 1. The number of carbonyl (C=O) groups is 1. The monoisotopic (exact) mass is 343 g/mol. The summed E-state index contributed by atoms with van der Waals surface area (Å²) in [6.45, 7) is 10.9. The highest BCUT2D eigenvalue weighted by atomic mass is 16.5. The third-order valence-corrected chi connectivity index (χ3v) is 6.13. The molecule has 1 amide bonds. The Labute approximate surface area is 152 Å². The quantitative estimate of drug-likeness (QED) is 0.847. The number of aryl methyl sites for hydroxylation is 1. The fraction of sp³-hybridized carbons (Fsp3) is 0.682. The lowest BCUT2D eigenvalue weighted by Gasteiger charge is -2.28. The van der Waals surface area contributed by atoms with Gasteiger partial charge in [-0.05, 0) is 67.9 Å². The van der Waals surface area contributed by atoms with Crippen LogP contribution < -0.4 is 10.1 Å². The number of nitrogens with one attached hydrogen (secondary N) is 1. The van der Waals surface area contributed by atoms with Gasteiger partial charge >= 0.3 is 0 Å². The van der Waals surface area contributed by atoms with Gasteiger partial charge in [0.1, 0.15) is 5.75 Å². The van der Waals surface area contributed by atoms with Gasteiger partial charge in [0.05, 0.1) is 0 Å². The molecule has 0 spiro atoms. The van der Waals surface area contributed by atoms with Crippen molar-refractivity contribution < 1.29 is 9.53 Å². The molecule has 0 heterocycles. The molecule has 0 unspecified atom stereocenters. The van der Waals surface area contributed by atoms with Gasteiger partial charge in [-0.25, -0.2) is 0 Å². The fourth-order valence-electron chi connectivity index (χ4n) is 4.81. The smallest absolute Gasteiger partial charge is 0.258 e. The maximum atomic E-state index is 12.4. The molecular weight excluding hydrogens is 310 g/mol. The van der Waals surface area contributed by atoms with E-state index in [1.165, 1.54) is 31.2 Å². The van der Waals surface area contributed by atoms with Crippen LogP contribution >= 0.6 is 0 Å². The van der Waals surface area contributed by atoms with E-state index in [-0.39, 0.29) is 24.0 Å². The number of fused-ring (bicyclic) bond motifs is 2. The van der Waals surface area contributed by atoms with Gasteiger partial charge in [0.15, 0.2) is 6.61 Å². The maximum Gasteiger partial charge on any atom is 0.258 e. The Kier molecular flexibility index (Phi) is 5.13. The number of hydrogen-bond donors (Lipinski definition) is 1. The van der Waals surface area contributed by atoms with Crippen molar-refractivity contribution in [2.75, 3.05) is 6.61 Å². The Bertz CT molecular complexity index is 631. The van der Waals surface area contributed by atoms with Crippen molar-refractivity contribution >= 4 is 5.91 Å². The summed E-state index contributed by atoms with van der Waals surface area (Å²) >= 11 is 0. The predicted octanol–water partition coefficient (Wildman–Crippen LogP) is 4.61. The molecule has 0 aromatic heterocycles. The summed E-state index contributed by atoms with van der Waals surface area (Å²) in [5, 5.41) is 3.18. The topological polar surface area (TPSA) is 38.3 Å². The highest BCUT2D eigenvalue weighted by molar-refractivity contribution is 5.77. The van der Waals surface area contributed by atoms with Crippen LogP contribution in [0.1, 0.15) is 64.5 Å². The zero-order chi connectivity index (χ0) is 18.2. The van der Waals surface area contributed by atoms with E-state index in [1.807, 2.05) is 12.1 Å². The number of hydrogen-bond acceptors (Lipinski definition) is 2. The highest BCUT2D eigenvalue weighted by Gasteiger charge is 2.42. The first-order valence-corrected chi connectivity index (χ1v) is 9.77. The average molecular weight is 344 g/mol. The molecular formula is C22H33NO2. The van der Waals surface area contributed by atoms with E-state index in [2.05, 4.69) is 46.0 Å². The van der Waals surface area contributed by atoms with Crippen molar-refractivity contribution in [3.63, 3.8) is 0 Å². The van der Waals surface area contributed by atoms with Crippen molar-refractivity contribution in [2.24, 2.45) is 17.8 Å². The van der Waals surface area contributed by atoms with Crippen LogP contribution in [0.15, 0.2) is 18.2 Å². The number of benzene rings is 1. The standard InChI is InChI=1S/C22H33NO2/c1-14-6-9-20(19(10-14)22(3,4)5)25-13-21(24)23-15(2)18-12-16-7-8-17(18)11-16/h6,9-10,15-18H,7-8,11-13H2,1-5H3,(H,23,24)/t15-,16+,17-,18+/m1/s1. The van der Waals surface area contributed by atoms with Crippen LogP contribution in [0.25, 0.3) is 0 Å². The minimum absolute atomic E-state index is 0.00397. The summed E-state index contributed by atoms with van der Waals surface area (Å²) in [4.78, 5) is 12.4. The van der Waals surface area contributed by atoms with Gasteiger partial charge in [0, 0.05) is 6.04 Å². The molecule has 1 N–H and O–H groups in total. The molecule has 1 aromatic rings. The van der Waals surface area contributed by atoms with Crippen LogP contribution in [0, 0.1) is 24.7 Å². The summed E-state index contributed by atoms with van der Waals surface area (Å²) in [5.41, 5.74) is 2.36. The molecule has 0 saturated heterocycles. The first kappa shape index (κ1) is 18.3. The predicted molar refractivity (Wildman–Crippen MR) is 102 cm³/mol. The van der Waals surface area contributed by atoms with Crippen LogP contribution in [0.4, 0.5) is 0 Å². The van der Waals surface area contributed by atoms with Gasteiger partial charge in [0.25, 0.3) is 5.91 Å². The maximum absolute atomic E-state index is 12.4. The van der Waals surface area contributed by atoms with Gasteiger partial charge < -0.3 is 10.1 Å². The third-order valence-electron chi connectivity index (χ3n) is 6.13. The minimum Gasteiger partial charge on any atom is -0.483 e. The average Bonchev–Trinajstić information content (AvgIpc) is 3.15. The Morgan fingerprint density at radius 2 is 2.04 bits per heavy atom. The zero-order valence-corrected chi connectivity index (χ0v) is 16.4. The van der Waals surface area contributed by atoms with Crippen LogP contribution in [0.3, 0.4) is 0 Å². The molecule has 2 aliphatic rings. The van der Waals surface area contributed by atoms with Gasteiger partial charge in [-0.2, -0.15) is 0 Å². The summed E-state index contributed by atoms with van der Waals surface area (Å²) in [5.74, 6) is 3.21. The lowest BCUT2D eigenvalue weighted by molar-refractivity contribution is -0.124. The van der Waals surface area contributed by atoms with E-state index in [9.17, 15) is 4.79 Å². The van der Waals surface area contributed by atoms with E-state index >= 15 is 0 Å². The molecule has 4 atom stereocenters. The summed E-state index contributed by atoms with van der Waals surface area (Å²) in [7, 11) is 0. The second-order valence-corrected chi connectivity index (χ2v) is 9.23. The Morgan fingerprint density at radius 3 is 2.64 bits per heavy atom. The van der Waals surface area contributed by atoms with Crippen molar-refractivity contribution in [1.82, 2.24) is 5.32 Å². The first-order chi connectivity index (χ1) is 11.7. The second-order valence-electron chi connectivity index (χ2n) is 9.23. The molecule has 2 aliphatic carbocycles. The molecule has 2 saturated carbocycles. The van der Waals surface area contributed by atoms with E-state index in [4.69, 9.17) is 4.74 Å². The van der Waals surface area contributed by atoms with Crippen LogP contribution in [0.5, 0.6) is 5.75 Å². The SMILES string of the molecule is Cc1ccc(OCC(=O)N[C@H](C)[C@@H]2C[C@H]3CC[C@@H]2C3)c(C(C)(C)C)c1. The molecule has 1 aromatic carbocycles. The van der Waals surface area contributed by atoms with Crippen molar-refractivity contribution in [1.29, 1.82) is 0 Å². The Balaban J connectivity index is 1.56. The summed E-state index contributed by atoms with van der Waals surface area (Å²) < 4.78 is 5.89. The molecule has 138 valence electrons. The van der Waals surface area contributed by atoms with E-state index < -0.39 is 0 Å². The Hall–Kier alpha value is -1.51. The highest BCUT2D eigenvalue weighted by Crippen LogP contribution is 2.49. The summed E-state index contributed by atoms with van der Waals surface area (Å²) in [6, 6.07) is 6.44. The number of ether oxygens (including phenoxy) is 1. The summed E-state index contributed by atoms with van der Waals surface area (Å²) in [6.07, 6.45) is 5.41. The molecule has 3 rings (SSSR count). The normalized spacial score (nSPS) is 26.5. The fourth-order valence-corrected chi connectivity index (χ4v) is 4.81. The minimum atomic E-state index is -0.00575. The van der Waals surface area contributed by atoms with E-state index in [0.29, 0.717) is 5.92 Å². The molecule has 0 aliphatic heterocycles. The molecule has 25 heavy (non-hydrogen) atoms. The van der Waals surface area contributed by atoms with Crippen molar-refractivity contribution in [3.05, 3.63) is 29.3 Å². The van der Waals surface area contributed by atoms with E-state index in [1.54, 1.807) is 0 Å². The molecule has 2 bridgehead atoms. The Morgan fingerprint density at radius 1 is 1.28 bits per heavy atom. The third kappa shape index (κ3) is 4.19. The largest absolute Gasteiger partial charge is 0.483 e. The van der Waals surface area contributed by atoms with Gasteiger partial charge in [-0.15, -0.1) is 0 Å². The van der Waals surface area contributed by atoms with Crippen LogP contribution in [0.2, 0.25) is 0 Å². The lowest BCUT2D eigenvalue weighted by atomic mass is 9.84. The first-order valence-electron chi connectivity index (χ1n) is 9.77. The van der Waals surface area contributed by atoms with Gasteiger partial charge in [-0.1, -0.05) is 44.9 Å². The lowest BCUT2D eigenvalue weighted by Crippen LogP contribution is -2.42. The molecule has 0 radical (unpaired) electrons. The van der Waals surface area contributed by atoms with E-state index in [0.717, 1.165) is 23.1 Å². The molecule has 2 fully saturated rings. The van der Waals surface area contributed by atoms with Gasteiger partial charge in [0.2, 0.25) is 0 Å². The van der Waals surface area contributed by atoms with Crippen molar-refractivity contribution in [3.8, 4) is 5.75 Å². The van der Waals surface area contributed by atoms with Crippen LogP contribution in [-0.4, -0.2) is 18.6 Å². The second kappa shape index (κ2) is 7.01. The number of rotatable bonds is 5. The number of amides is 1. The van der Waals surface area contributed by atoms with Gasteiger partial charge in [-0.3, -0.25) is 4.79 Å². The van der Waals surface area contributed by atoms with Crippen molar-refractivity contribution in [2.45, 2.75) is 71.8 Å². The zero-order valence-electron chi connectivity index (χ0n) is 16.4.